The summed E-state index contributed by atoms with van der Waals surface area (Å²) in [7, 11) is 0. The molecule has 0 saturated carbocycles. The van der Waals surface area contributed by atoms with E-state index in [1.807, 2.05) is 0 Å². The average Bonchev–Trinajstić information content (AvgIpc) is 2.74. The Morgan fingerprint density at radius 2 is 1.55 bits per heavy atom. The van der Waals surface area contributed by atoms with Crippen molar-refractivity contribution < 1.29 is 83.6 Å². The van der Waals surface area contributed by atoms with Gasteiger partial charge >= 0.3 is 35.8 Å². The molecule has 2 unspecified atom stereocenters. The van der Waals surface area contributed by atoms with Gasteiger partial charge in [-0.2, -0.15) is 0 Å². The molecule has 6 atom stereocenters. The van der Waals surface area contributed by atoms with E-state index in [-0.39, 0.29) is 0 Å². The summed E-state index contributed by atoms with van der Waals surface area (Å²) in [5.74, 6) is -11.5. The fourth-order valence-electron chi connectivity index (χ4n) is 2.56. The van der Waals surface area contributed by atoms with E-state index in [1.54, 1.807) is 0 Å². The van der Waals surface area contributed by atoms with Gasteiger partial charge in [0, 0.05) is 12.2 Å². The number of ether oxygens (including phenoxy) is 2. The summed E-state index contributed by atoms with van der Waals surface area (Å²) in [6, 6.07) is 0. The standard InChI is InChI=1S/C16H18O17/c17-5-6-11(22)12(23)13(24)16(27,28-6)29-9(20)3-15(26)4-10(21)32-30-7(18)1-2-8(19)31-33-14(15)25/h1-2,6,11-13,17,22-24,26-27H,3-5H2/b2-1-/t6-,11-,12+,13-,15?,16?/m1/s1. The molecule has 2 heterocycles. The van der Waals surface area contributed by atoms with Crippen LogP contribution in [-0.2, 0) is 53.0 Å². The quantitative estimate of drug-likeness (QED) is 0.124. The fraction of sp³-hybridized carbons (Fsp3) is 0.562. The van der Waals surface area contributed by atoms with Gasteiger partial charge in [0.15, 0.2) is 11.7 Å². The van der Waals surface area contributed by atoms with Gasteiger partial charge in [-0.05, 0) is 0 Å². The molecule has 184 valence electrons. The fourth-order valence-corrected chi connectivity index (χ4v) is 2.56. The maximum atomic E-state index is 12.3. The molecule has 0 amide bonds. The van der Waals surface area contributed by atoms with Crippen molar-refractivity contribution in [2.45, 2.75) is 48.8 Å². The highest BCUT2D eigenvalue weighted by atomic mass is 17.2. The van der Waals surface area contributed by atoms with Crippen LogP contribution in [0.25, 0.3) is 0 Å². The molecule has 6 N–H and O–H groups in total. The predicted molar refractivity (Wildman–Crippen MR) is 88.7 cm³/mol. The van der Waals surface area contributed by atoms with Gasteiger partial charge in [0.2, 0.25) is 0 Å². The summed E-state index contributed by atoms with van der Waals surface area (Å²) in [5, 5.41) is 59.1. The smallest absolute Gasteiger partial charge is 0.387 e. The van der Waals surface area contributed by atoms with E-state index in [0.29, 0.717) is 12.2 Å². The van der Waals surface area contributed by atoms with Crippen LogP contribution in [0.4, 0.5) is 0 Å². The van der Waals surface area contributed by atoms with Gasteiger partial charge in [0.25, 0.3) is 0 Å². The molecule has 17 heteroatoms. The summed E-state index contributed by atoms with van der Waals surface area (Å²) >= 11 is 0. The number of esters is 1. The van der Waals surface area contributed by atoms with Crippen molar-refractivity contribution in [1.29, 1.82) is 0 Å². The second kappa shape index (κ2) is 10.2. The minimum absolute atomic E-state index is 0.396. The molecule has 0 aromatic carbocycles. The summed E-state index contributed by atoms with van der Waals surface area (Å²) in [6.07, 6.45) is -10.5. The van der Waals surface area contributed by atoms with Crippen LogP contribution in [0.2, 0.25) is 0 Å². The summed E-state index contributed by atoms with van der Waals surface area (Å²) < 4.78 is 9.12. The van der Waals surface area contributed by atoms with Crippen molar-refractivity contribution in [3.05, 3.63) is 12.2 Å². The number of rotatable bonds is 4. The molecule has 17 nitrogen and oxygen atoms in total. The Bertz CT molecular complexity index is 835. The van der Waals surface area contributed by atoms with Gasteiger partial charge in [-0.1, -0.05) is 0 Å². The lowest BCUT2D eigenvalue weighted by Gasteiger charge is -2.43. The largest absolute Gasteiger partial charge is 0.405 e. The Hall–Kier alpha value is -3.19. The van der Waals surface area contributed by atoms with Gasteiger partial charge < -0.3 is 40.1 Å². The van der Waals surface area contributed by atoms with Crippen LogP contribution in [-0.4, -0.2) is 103 Å². The zero-order valence-electron chi connectivity index (χ0n) is 16.3. The molecule has 0 aromatic rings. The lowest BCUT2D eigenvalue weighted by atomic mass is 9.95. The molecular weight excluding hydrogens is 464 g/mol. The van der Waals surface area contributed by atoms with Crippen molar-refractivity contribution in [2.75, 3.05) is 6.61 Å². The second-order valence-electron chi connectivity index (χ2n) is 6.72. The van der Waals surface area contributed by atoms with Crippen LogP contribution in [0.1, 0.15) is 12.8 Å². The van der Waals surface area contributed by atoms with Crippen molar-refractivity contribution in [1.82, 2.24) is 0 Å². The molecule has 0 spiro atoms. The topological polar surface area (TPSA) is 262 Å². The Morgan fingerprint density at radius 3 is 2.12 bits per heavy atom. The molecule has 2 aliphatic heterocycles. The average molecular weight is 482 g/mol. The maximum absolute atomic E-state index is 12.3. The van der Waals surface area contributed by atoms with Crippen LogP contribution in [0.15, 0.2) is 12.2 Å². The highest BCUT2D eigenvalue weighted by Gasteiger charge is 2.57. The Kier molecular flexibility index (Phi) is 8.03. The zero-order chi connectivity index (χ0) is 25.0. The highest BCUT2D eigenvalue weighted by molar-refractivity contribution is 5.93. The van der Waals surface area contributed by atoms with Crippen molar-refractivity contribution >= 4 is 29.8 Å². The van der Waals surface area contributed by atoms with E-state index in [0.717, 1.165) is 0 Å². The lowest BCUT2D eigenvalue weighted by Crippen LogP contribution is -2.66. The van der Waals surface area contributed by atoms with Crippen LogP contribution >= 0.6 is 0 Å². The van der Waals surface area contributed by atoms with E-state index in [1.165, 1.54) is 0 Å². The summed E-state index contributed by atoms with van der Waals surface area (Å²) in [6.45, 7) is -1.01. The highest BCUT2D eigenvalue weighted by Crippen LogP contribution is 2.31. The van der Waals surface area contributed by atoms with Crippen LogP contribution in [0, 0.1) is 0 Å². The number of carbonyl (C=O) groups is 5. The van der Waals surface area contributed by atoms with Gasteiger partial charge in [-0.15, -0.1) is 0 Å². The molecule has 1 saturated heterocycles. The van der Waals surface area contributed by atoms with Gasteiger partial charge in [0.1, 0.15) is 18.3 Å². The molecule has 1 fully saturated rings. The number of aliphatic hydroxyl groups is 6. The molecule has 2 aliphatic rings. The SMILES string of the molecule is O=C1/C=C\C(=O)OOC(=O)C(O)(CC(=O)OC2(O)O[C@H](CO)[C@@H](O)[C@H](O)[C@H]2O)CC(=O)OO1. The monoisotopic (exact) mass is 482 g/mol. The normalized spacial score (nSPS) is 36.8. The summed E-state index contributed by atoms with van der Waals surface area (Å²) in [4.78, 5) is 74.7. The van der Waals surface area contributed by atoms with E-state index in [4.69, 9.17) is 5.11 Å². The first-order valence-electron chi connectivity index (χ1n) is 8.83. The van der Waals surface area contributed by atoms with Gasteiger partial charge in [-0.3, -0.25) is 4.79 Å². The number of aliphatic hydroxyl groups excluding tert-OH is 4. The van der Waals surface area contributed by atoms with Gasteiger partial charge in [0.05, 0.1) is 19.4 Å². The Balaban J connectivity index is 2.20. The van der Waals surface area contributed by atoms with E-state index in [2.05, 4.69) is 29.0 Å². The zero-order valence-corrected chi connectivity index (χ0v) is 16.3. The van der Waals surface area contributed by atoms with E-state index >= 15 is 0 Å². The first-order chi connectivity index (χ1) is 15.3. The lowest BCUT2D eigenvalue weighted by molar-refractivity contribution is -0.434. The minimum Gasteiger partial charge on any atom is -0.405 e. The summed E-state index contributed by atoms with van der Waals surface area (Å²) in [5.41, 5.74) is -3.21. The van der Waals surface area contributed by atoms with Crippen molar-refractivity contribution in [3.8, 4) is 0 Å². The molecular formula is C16H18O17. The van der Waals surface area contributed by atoms with Crippen LogP contribution < -0.4 is 0 Å². The Morgan fingerprint density at radius 1 is 0.970 bits per heavy atom. The first-order valence-corrected chi connectivity index (χ1v) is 8.83. The third-order valence-electron chi connectivity index (χ3n) is 4.21. The van der Waals surface area contributed by atoms with Crippen molar-refractivity contribution in [3.63, 3.8) is 0 Å². The predicted octanol–water partition coefficient (Wildman–Crippen LogP) is -5.27. The third-order valence-corrected chi connectivity index (χ3v) is 4.21. The molecule has 0 radical (unpaired) electrons. The van der Waals surface area contributed by atoms with Crippen LogP contribution in [0.5, 0.6) is 0 Å². The molecule has 33 heavy (non-hydrogen) atoms. The maximum Gasteiger partial charge on any atom is 0.387 e. The molecule has 0 aliphatic carbocycles. The molecule has 2 rings (SSSR count). The van der Waals surface area contributed by atoms with Crippen LogP contribution in [0.3, 0.4) is 0 Å². The third kappa shape index (κ3) is 6.20. The number of hydrogen-bond donors (Lipinski definition) is 6. The number of carbonyl (C=O) groups excluding carboxylic acids is 5. The minimum atomic E-state index is -3.39. The molecule has 0 aromatic heterocycles. The van der Waals surface area contributed by atoms with Crippen molar-refractivity contribution in [2.24, 2.45) is 0 Å². The first kappa shape index (κ1) is 26.1. The second-order valence-corrected chi connectivity index (χ2v) is 6.72. The van der Waals surface area contributed by atoms with E-state index in [9.17, 15) is 49.5 Å². The van der Waals surface area contributed by atoms with Gasteiger partial charge in [-0.25, -0.2) is 38.7 Å². The van der Waals surface area contributed by atoms with E-state index < -0.39 is 85.3 Å². The Labute approximate surface area is 182 Å². The molecule has 0 bridgehead atoms. The number of hydrogen-bond acceptors (Lipinski definition) is 17.